The van der Waals surface area contributed by atoms with Gasteiger partial charge in [0.15, 0.2) is 5.75 Å². The zero-order valence-electron chi connectivity index (χ0n) is 8.22. The van der Waals surface area contributed by atoms with E-state index in [0.717, 1.165) is 0 Å². The molecular formula is C10H7Cl3O3. The molecule has 0 bridgehead atoms. The molecule has 0 atom stereocenters. The summed E-state index contributed by atoms with van der Waals surface area (Å²) in [6.07, 6.45) is -0.309. The minimum atomic E-state index is -0.687. The van der Waals surface area contributed by atoms with Gasteiger partial charge in [-0.3, -0.25) is 9.59 Å². The average Bonchev–Trinajstić information content (AvgIpc) is 2.12. The van der Waals surface area contributed by atoms with Crippen LogP contribution in [-0.2, 0) is 9.59 Å². The molecule has 6 heteroatoms. The quantitative estimate of drug-likeness (QED) is 0.368. The lowest BCUT2D eigenvalue weighted by Crippen LogP contribution is -2.12. The smallest absolute Gasteiger partial charge is 0.318 e. The number of esters is 1. The standard InChI is InChI=1S/C10H7Cl3O3/c1-5(14)2-10(15)16-9-4-7(12)6(11)3-8(9)13/h3-4H,2H2,1H3. The molecule has 0 radical (unpaired) electrons. The van der Waals surface area contributed by atoms with Gasteiger partial charge in [-0.2, -0.15) is 0 Å². The molecule has 0 spiro atoms. The highest BCUT2D eigenvalue weighted by Crippen LogP contribution is 2.33. The molecular weight excluding hydrogens is 274 g/mol. The SMILES string of the molecule is CC(=O)CC(=O)Oc1cc(Cl)c(Cl)cc1Cl. The Morgan fingerprint density at radius 2 is 1.69 bits per heavy atom. The van der Waals surface area contributed by atoms with Crippen LogP contribution in [0.4, 0.5) is 0 Å². The van der Waals surface area contributed by atoms with Crippen LogP contribution in [0.25, 0.3) is 0 Å². The Bertz CT molecular complexity index is 443. The van der Waals surface area contributed by atoms with Crippen LogP contribution < -0.4 is 4.74 Å². The van der Waals surface area contributed by atoms with Gasteiger partial charge in [0.05, 0.1) is 15.1 Å². The maximum absolute atomic E-state index is 11.2. The number of hydrogen-bond acceptors (Lipinski definition) is 3. The molecule has 0 aliphatic rings. The summed E-state index contributed by atoms with van der Waals surface area (Å²) in [5, 5.41) is 0.640. The predicted octanol–water partition coefficient (Wildman–Crippen LogP) is 3.53. The van der Waals surface area contributed by atoms with Gasteiger partial charge >= 0.3 is 5.97 Å². The van der Waals surface area contributed by atoms with E-state index in [1.165, 1.54) is 19.1 Å². The van der Waals surface area contributed by atoms with Crippen LogP contribution in [0.3, 0.4) is 0 Å². The highest BCUT2D eigenvalue weighted by atomic mass is 35.5. The molecule has 3 nitrogen and oxygen atoms in total. The van der Waals surface area contributed by atoms with E-state index in [1.807, 2.05) is 0 Å². The fourth-order valence-corrected chi connectivity index (χ4v) is 1.52. The van der Waals surface area contributed by atoms with Crippen molar-refractivity contribution in [2.75, 3.05) is 0 Å². The van der Waals surface area contributed by atoms with Crippen molar-refractivity contribution in [2.45, 2.75) is 13.3 Å². The van der Waals surface area contributed by atoms with E-state index in [2.05, 4.69) is 0 Å². The zero-order chi connectivity index (χ0) is 12.3. The van der Waals surface area contributed by atoms with Crippen LogP contribution in [0.5, 0.6) is 5.75 Å². The molecule has 0 aliphatic heterocycles. The first-order chi connectivity index (χ1) is 7.40. The molecule has 0 fully saturated rings. The minimum Gasteiger partial charge on any atom is -0.425 e. The van der Waals surface area contributed by atoms with Crippen molar-refractivity contribution < 1.29 is 14.3 Å². The normalized spacial score (nSPS) is 10.0. The average molecular weight is 282 g/mol. The van der Waals surface area contributed by atoms with Crippen molar-refractivity contribution in [3.63, 3.8) is 0 Å². The van der Waals surface area contributed by atoms with Gasteiger partial charge in [0.1, 0.15) is 12.2 Å². The van der Waals surface area contributed by atoms with Crippen LogP contribution in [0.1, 0.15) is 13.3 Å². The molecule has 0 saturated carbocycles. The molecule has 0 amide bonds. The summed E-state index contributed by atoms with van der Waals surface area (Å²) in [6.45, 7) is 1.29. The zero-order valence-corrected chi connectivity index (χ0v) is 10.5. The number of Topliss-reactive ketones (excluding diaryl/α,β-unsaturated/α-hetero) is 1. The molecule has 16 heavy (non-hydrogen) atoms. The first kappa shape index (κ1) is 13.3. The van der Waals surface area contributed by atoms with Gasteiger partial charge in [0.2, 0.25) is 0 Å². The van der Waals surface area contributed by atoms with Crippen molar-refractivity contribution in [2.24, 2.45) is 0 Å². The lowest BCUT2D eigenvalue weighted by molar-refractivity contribution is -0.137. The molecule has 1 aromatic rings. The van der Waals surface area contributed by atoms with Gasteiger partial charge in [-0.05, 0) is 13.0 Å². The van der Waals surface area contributed by atoms with Gasteiger partial charge in [-0.25, -0.2) is 0 Å². The molecule has 1 rings (SSSR count). The lowest BCUT2D eigenvalue weighted by Gasteiger charge is -2.06. The van der Waals surface area contributed by atoms with Crippen molar-refractivity contribution in [3.05, 3.63) is 27.2 Å². The van der Waals surface area contributed by atoms with Crippen LogP contribution >= 0.6 is 34.8 Å². The van der Waals surface area contributed by atoms with E-state index < -0.39 is 5.97 Å². The van der Waals surface area contributed by atoms with Crippen molar-refractivity contribution >= 4 is 46.6 Å². The van der Waals surface area contributed by atoms with Gasteiger partial charge in [0, 0.05) is 6.07 Å². The summed E-state index contributed by atoms with van der Waals surface area (Å²) < 4.78 is 4.86. The topological polar surface area (TPSA) is 43.4 Å². The molecule has 0 aromatic heterocycles. The number of ketones is 1. The number of rotatable bonds is 3. The maximum Gasteiger partial charge on any atom is 0.318 e. The Hall–Kier alpha value is -0.770. The highest BCUT2D eigenvalue weighted by Gasteiger charge is 2.12. The Morgan fingerprint density at radius 1 is 1.12 bits per heavy atom. The number of halogens is 3. The van der Waals surface area contributed by atoms with Gasteiger partial charge in [-0.1, -0.05) is 34.8 Å². The van der Waals surface area contributed by atoms with Gasteiger partial charge in [0.25, 0.3) is 0 Å². The van der Waals surface area contributed by atoms with E-state index in [-0.39, 0.29) is 33.0 Å². The second-order valence-corrected chi connectivity index (χ2v) is 4.27. The molecule has 0 heterocycles. The molecule has 1 aromatic carbocycles. The number of carbonyl (C=O) groups excluding carboxylic acids is 2. The number of ether oxygens (including phenoxy) is 1. The summed E-state index contributed by atoms with van der Waals surface area (Å²) in [4.78, 5) is 21.9. The number of carbonyl (C=O) groups is 2. The minimum absolute atomic E-state index is 0.0855. The third-order valence-corrected chi connectivity index (χ3v) is 2.61. The first-order valence-electron chi connectivity index (χ1n) is 4.25. The van der Waals surface area contributed by atoms with Crippen molar-refractivity contribution in [1.29, 1.82) is 0 Å². The molecule has 0 unspecified atom stereocenters. The Balaban J connectivity index is 2.85. The van der Waals surface area contributed by atoms with Crippen LogP contribution in [0.2, 0.25) is 15.1 Å². The summed E-state index contributed by atoms with van der Waals surface area (Å²) in [6, 6.07) is 2.69. The second kappa shape index (κ2) is 5.53. The summed E-state index contributed by atoms with van der Waals surface area (Å²) in [5.74, 6) is -0.892. The van der Waals surface area contributed by atoms with Gasteiger partial charge in [-0.15, -0.1) is 0 Å². The van der Waals surface area contributed by atoms with Crippen molar-refractivity contribution in [1.82, 2.24) is 0 Å². The third kappa shape index (κ3) is 3.67. The van der Waals surface area contributed by atoms with E-state index in [4.69, 9.17) is 39.5 Å². The number of benzene rings is 1. The Kier molecular flexibility index (Phi) is 4.59. The predicted molar refractivity (Wildman–Crippen MR) is 62.4 cm³/mol. The first-order valence-corrected chi connectivity index (χ1v) is 5.38. The van der Waals surface area contributed by atoms with Crippen LogP contribution in [0, 0.1) is 0 Å². The summed E-state index contributed by atoms with van der Waals surface area (Å²) in [7, 11) is 0. The Labute approximate surface area is 107 Å². The second-order valence-electron chi connectivity index (χ2n) is 3.05. The molecule has 0 aliphatic carbocycles. The fraction of sp³-hybridized carbons (Fsp3) is 0.200. The Morgan fingerprint density at radius 3 is 2.25 bits per heavy atom. The number of hydrogen-bond donors (Lipinski definition) is 0. The third-order valence-electron chi connectivity index (χ3n) is 1.59. The van der Waals surface area contributed by atoms with Crippen molar-refractivity contribution in [3.8, 4) is 5.75 Å². The fourth-order valence-electron chi connectivity index (χ4n) is 0.945. The van der Waals surface area contributed by atoms with E-state index in [1.54, 1.807) is 0 Å². The van der Waals surface area contributed by atoms with E-state index in [9.17, 15) is 9.59 Å². The molecule has 0 N–H and O–H groups in total. The monoisotopic (exact) mass is 280 g/mol. The van der Waals surface area contributed by atoms with E-state index >= 15 is 0 Å². The highest BCUT2D eigenvalue weighted by molar-refractivity contribution is 6.43. The molecule has 0 saturated heterocycles. The van der Waals surface area contributed by atoms with Crippen LogP contribution in [-0.4, -0.2) is 11.8 Å². The maximum atomic E-state index is 11.2. The van der Waals surface area contributed by atoms with Crippen LogP contribution in [0.15, 0.2) is 12.1 Å². The summed E-state index contributed by atoms with van der Waals surface area (Å²) >= 11 is 17.2. The van der Waals surface area contributed by atoms with Gasteiger partial charge < -0.3 is 4.74 Å². The lowest BCUT2D eigenvalue weighted by atomic mass is 10.3. The summed E-state index contributed by atoms with van der Waals surface area (Å²) in [5.41, 5.74) is 0. The molecule has 86 valence electrons. The largest absolute Gasteiger partial charge is 0.425 e. The van der Waals surface area contributed by atoms with E-state index in [0.29, 0.717) is 0 Å².